The van der Waals surface area contributed by atoms with Gasteiger partial charge in [-0.05, 0) is 49.6 Å². The summed E-state index contributed by atoms with van der Waals surface area (Å²) in [6, 6.07) is 21.9. The summed E-state index contributed by atoms with van der Waals surface area (Å²) in [4.78, 5) is 15.3. The van der Waals surface area contributed by atoms with Gasteiger partial charge < -0.3 is 9.32 Å². The molecular weight excluding hydrogens is 436 g/mol. The van der Waals surface area contributed by atoms with E-state index >= 15 is 0 Å². The Labute approximate surface area is 196 Å². The predicted molar refractivity (Wildman–Crippen MR) is 129 cm³/mol. The first-order chi connectivity index (χ1) is 15.9. The highest BCUT2D eigenvalue weighted by Gasteiger charge is 2.28. The maximum atomic E-state index is 13.4. The molecule has 0 bridgehead atoms. The zero-order valence-electron chi connectivity index (χ0n) is 19.3. The number of hydrogen-bond acceptors (Lipinski definition) is 4. The summed E-state index contributed by atoms with van der Waals surface area (Å²) in [6.45, 7) is 4.72. The quantitative estimate of drug-likeness (QED) is 0.388. The molecule has 0 aliphatic heterocycles. The molecule has 176 valence electrons. The lowest BCUT2D eigenvalue weighted by Gasteiger charge is -2.27. The molecule has 0 unspecified atom stereocenters. The van der Waals surface area contributed by atoms with Crippen LogP contribution in [0, 0.1) is 6.92 Å². The molecule has 1 heterocycles. The van der Waals surface area contributed by atoms with Gasteiger partial charge in [-0.15, -0.1) is 0 Å². The highest BCUT2D eigenvalue weighted by atomic mass is 32.2. The molecule has 1 amide bonds. The van der Waals surface area contributed by atoms with Crippen LogP contribution in [-0.2, 0) is 27.8 Å². The van der Waals surface area contributed by atoms with Crippen molar-refractivity contribution in [2.24, 2.45) is 0 Å². The van der Waals surface area contributed by atoms with Crippen LogP contribution in [0.5, 0.6) is 0 Å². The summed E-state index contributed by atoms with van der Waals surface area (Å²) in [5.41, 5.74) is 1.12. The Balaban J connectivity index is 1.80. The molecule has 1 aromatic heterocycles. The van der Waals surface area contributed by atoms with Crippen molar-refractivity contribution in [2.75, 3.05) is 19.6 Å². The number of benzene rings is 2. The van der Waals surface area contributed by atoms with Crippen molar-refractivity contribution in [3.63, 3.8) is 0 Å². The fourth-order valence-electron chi connectivity index (χ4n) is 3.57. The van der Waals surface area contributed by atoms with Crippen LogP contribution in [-0.4, -0.2) is 43.2 Å². The second-order valence-electron chi connectivity index (χ2n) is 8.07. The Hall–Kier alpha value is -2.90. The molecule has 0 spiro atoms. The van der Waals surface area contributed by atoms with Crippen LogP contribution in [0.15, 0.2) is 82.1 Å². The molecule has 0 fully saturated rings. The molecule has 0 saturated heterocycles. The molecule has 0 atom stereocenters. The van der Waals surface area contributed by atoms with Crippen molar-refractivity contribution in [1.29, 1.82) is 0 Å². The molecule has 0 saturated carbocycles. The van der Waals surface area contributed by atoms with Gasteiger partial charge in [0.05, 0.1) is 18.0 Å². The number of unbranched alkanes of at least 4 members (excludes halogenated alkanes) is 1. The molecule has 3 aromatic rings. The monoisotopic (exact) mass is 468 g/mol. The van der Waals surface area contributed by atoms with Crippen LogP contribution in [0.1, 0.15) is 36.8 Å². The number of sulfonamides is 1. The van der Waals surface area contributed by atoms with Gasteiger partial charge in [-0.1, -0.05) is 61.9 Å². The van der Waals surface area contributed by atoms with Gasteiger partial charge in [-0.3, -0.25) is 4.79 Å². The number of amides is 1. The van der Waals surface area contributed by atoms with Crippen molar-refractivity contribution >= 4 is 15.9 Å². The molecule has 0 radical (unpaired) electrons. The van der Waals surface area contributed by atoms with Crippen molar-refractivity contribution in [3.8, 4) is 0 Å². The van der Waals surface area contributed by atoms with Crippen LogP contribution in [0.4, 0.5) is 0 Å². The minimum absolute atomic E-state index is 0.200. The lowest BCUT2D eigenvalue weighted by atomic mass is 10.1. The van der Waals surface area contributed by atoms with Gasteiger partial charge in [0.1, 0.15) is 11.5 Å². The number of aryl methyl sites for hydroxylation is 1. The van der Waals surface area contributed by atoms with Crippen LogP contribution in [0.25, 0.3) is 0 Å². The fourth-order valence-corrected chi connectivity index (χ4v) is 5.02. The van der Waals surface area contributed by atoms with E-state index in [4.69, 9.17) is 4.42 Å². The van der Waals surface area contributed by atoms with Crippen LogP contribution in [0.3, 0.4) is 0 Å². The van der Waals surface area contributed by atoms with E-state index in [1.54, 1.807) is 35.2 Å². The Bertz CT molecular complexity index is 1110. The topological polar surface area (TPSA) is 70.8 Å². The van der Waals surface area contributed by atoms with Gasteiger partial charge in [-0.2, -0.15) is 4.31 Å². The second kappa shape index (κ2) is 11.8. The van der Waals surface area contributed by atoms with Gasteiger partial charge in [0.25, 0.3) is 0 Å². The molecule has 0 aliphatic carbocycles. The molecular formula is C26H32N2O4S. The van der Waals surface area contributed by atoms with Gasteiger partial charge in [0.15, 0.2) is 0 Å². The molecule has 33 heavy (non-hydrogen) atoms. The van der Waals surface area contributed by atoms with Crippen molar-refractivity contribution < 1.29 is 17.6 Å². The number of furan rings is 1. The smallest absolute Gasteiger partial charge is 0.243 e. The Morgan fingerprint density at radius 3 is 2.18 bits per heavy atom. The summed E-state index contributed by atoms with van der Waals surface area (Å²) in [5.74, 6) is 1.22. The van der Waals surface area contributed by atoms with Crippen molar-refractivity contribution in [3.05, 3.63) is 89.9 Å². The number of carbonyl (C=O) groups excluding carboxylic acids is 1. The summed E-state index contributed by atoms with van der Waals surface area (Å²) in [5, 5.41) is 0. The Morgan fingerprint density at radius 2 is 1.58 bits per heavy atom. The fraction of sp³-hybridized carbons (Fsp3) is 0.346. The largest absolute Gasteiger partial charge is 0.464 e. The average Bonchev–Trinajstić information content (AvgIpc) is 3.24. The van der Waals surface area contributed by atoms with Gasteiger partial charge in [-0.25, -0.2) is 8.42 Å². The normalized spacial score (nSPS) is 11.6. The highest BCUT2D eigenvalue weighted by Crippen LogP contribution is 2.18. The van der Waals surface area contributed by atoms with E-state index in [0.29, 0.717) is 38.2 Å². The molecule has 6 nitrogen and oxygen atoms in total. The van der Waals surface area contributed by atoms with Gasteiger partial charge in [0, 0.05) is 13.1 Å². The molecule has 7 heteroatoms. The molecule has 0 aliphatic rings. The summed E-state index contributed by atoms with van der Waals surface area (Å²) < 4.78 is 33.5. The number of carbonyl (C=O) groups is 1. The Kier molecular flexibility index (Phi) is 8.86. The Morgan fingerprint density at radius 1 is 0.909 bits per heavy atom. The zero-order chi connectivity index (χ0) is 23.7. The maximum absolute atomic E-state index is 13.4. The zero-order valence-corrected chi connectivity index (χ0v) is 20.1. The minimum Gasteiger partial charge on any atom is -0.464 e. The van der Waals surface area contributed by atoms with Gasteiger partial charge in [0.2, 0.25) is 15.9 Å². The van der Waals surface area contributed by atoms with E-state index in [1.165, 1.54) is 4.31 Å². The average molecular weight is 469 g/mol. The van der Waals surface area contributed by atoms with E-state index in [-0.39, 0.29) is 17.3 Å². The predicted octanol–water partition coefficient (Wildman–Crippen LogP) is 4.65. The molecule has 0 N–H and O–H groups in total. The maximum Gasteiger partial charge on any atom is 0.243 e. The van der Waals surface area contributed by atoms with Crippen molar-refractivity contribution in [1.82, 2.24) is 9.21 Å². The molecule has 3 rings (SSSR count). The standard InChI is InChI=1S/C26H32N2O4S/c1-3-4-18-28(33(30,31)25-13-9-6-10-14-25)21-26(29)27(20-24-16-15-22(2)32-24)19-17-23-11-7-5-8-12-23/h5-16H,3-4,17-21H2,1-2H3. The van der Waals surface area contributed by atoms with E-state index in [1.807, 2.05) is 56.3 Å². The number of nitrogens with zero attached hydrogens (tertiary/aromatic N) is 2. The van der Waals surface area contributed by atoms with Gasteiger partial charge >= 0.3 is 0 Å². The van der Waals surface area contributed by atoms with Crippen LogP contribution in [0.2, 0.25) is 0 Å². The summed E-state index contributed by atoms with van der Waals surface area (Å²) in [7, 11) is -3.78. The minimum atomic E-state index is -3.78. The van der Waals surface area contributed by atoms with E-state index in [9.17, 15) is 13.2 Å². The third-order valence-electron chi connectivity index (χ3n) is 5.46. The third kappa shape index (κ3) is 7.04. The highest BCUT2D eigenvalue weighted by molar-refractivity contribution is 7.89. The van der Waals surface area contributed by atoms with E-state index in [2.05, 4.69) is 0 Å². The second-order valence-corrected chi connectivity index (χ2v) is 10.0. The SMILES string of the molecule is CCCCN(CC(=O)N(CCc1ccccc1)Cc1ccc(C)o1)S(=O)(=O)c1ccccc1. The van der Waals surface area contributed by atoms with Crippen LogP contribution >= 0.6 is 0 Å². The first kappa shape index (κ1) is 24.7. The third-order valence-corrected chi connectivity index (χ3v) is 7.32. The summed E-state index contributed by atoms with van der Waals surface area (Å²) in [6.07, 6.45) is 2.19. The number of rotatable bonds is 12. The number of hydrogen-bond donors (Lipinski definition) is 0. The van der Waals surface area contributed by atoms with E-state index < -0.39 is 10.0 Å². The lowest BCUT2D eigenvalue weighted by Crippen LogP contribution is -2.43. The first-order valence-electron chi connectivity index (χ1n) is 11.3. The summed E-state index contributed by atoms with van der Waals surface area (Å²) >= 11 is 0. The van der Waals surface area contributed by atoms with E-state index in [0.717, 1.165) is 17.7 Å². The van der Waals surface area contributed by atoms with Crippen molar-refractivity contribution in [2.45, 2.75) is 44.6 Å². The lowest BCUT2D eigenvalue weighted by molar-refractivity contribution is -0.132. The molecule has 2 aromatic carbocycles. The first-order valence-corrected chi connectivity index (χ1v) is 12.8. The van der Waals surface area contributed by atoms with Crippen LogP contribution < -0.4 is 0 Å².